The maximum Gasteiger partial charge on any atom is 0.239 e. The lowest BCUT2D eigenvalue weighted by Crippen LogP contribution is -2.31. The van der Waals surface area contributed by atoms with E-state index >= 15 is 0 Å². The number of benzene rings is 2. The number of rotatable bonds is 7. The number of anilines is 1. The summed E-state index contributed by atoms with van der Waals surface area (Å²) in [6.45, 7) is 2.93. The first-order valence-electron chi connectivity index (χ1n) is 7.10. The molecule has 0 aliphatic carbocycles. The summed E-state index contributed by atoms with van der Waals surface area (Å²) in [5, 5.41) is 6.53. The van der Waals surface area contributed by atoms with Gasteiger partial charge < -0.3 is 10.6 Å². The predicted molar refractivity (Wildman–Crippen MR) is 94.9 cm³/mol. The molecule has 22 heavy (non-hydrogen) atoms. The number of carbonyl (C=O) groups excluding carboxylic acids is 1. The second-order valence-electron chi connectivity index (χ2n) is 4.84. The third kappa shape index (κ3) is 5.62. The van der Waals surface area contributed by atoms with Crippen LogP contribution in [0.4, 0.5) is 5.69 Å². The van der Waals surface area contributed by atoms with E-state index in [-0.39, 0.29) is 12.5 Å². The summed E-state index contributed by atoms with van der Waals surface area (Å²) in [5.74, 6) is 0.811. The molecule has 0 aliphatic rings. The zero-order chi connectivity index (χ0) is 15.8. The fourth-order valence-corrected chi connectivity index (χ4v) is 2.81. The summed E-state index contributed by atoms with van der Waals surface area (Å²) in [5.41, 5.74) is 2.02. The van der Waals surface area contributed by atoms with E-state index in [4.69, 9.17) is 11.6 Å². The van der Waals surface area contributed by atoms with Crippen molar-refractivity contribution in [2.24, 2.45) is 0 Å². The van der Waals surface area contributed by atoms with E-state index in [1.54, 1.807) is 17.8 Å². The highest BCUT2D eigenvalue weighted by atomic mass is 35.5. The number of para-hydroxylation sites is 1. The first-order valence-corrected chi connectivity index (χ1v) is 8.46. The van der Waals surface area contributed by atoms with Crippen LogP contribution >= 0.6 is 23.4 Å². The number of nitrogens with one attached hydrogen (secondary N) is 2. The molecule has 0 saturated carbocycles. The van der Waals surface area contributed by atoms with Crippen LogP contribution in [-0.4, -0.2) is 24.7 Å². The molecule has 116 valence electrons. The Morgan fingerprint density at radius 3 is 2.59 bits per heavy atom. The molecule has 0 atom stereocenters. The average molecular weight is 335 g/mol. The fraction of sp³-hybridized carbons (Fsp3) is 0.235. The second kappa shape index (κ2) is 8.71. The third-order valence-electron chi connectivity index (χ3n) is 3.03. The van der Waals surface area contributed by atoms with Gasteiger partial charge in [-0.3, -0.25) is 4.79 Å². The highest BCUT2D eigenvalue weighted by Crippen LogP contribution is 2.20. The fourth-order valence-electron chi connectivity index (χ4n) is 1.84. The molecule has 0 bridgehead atoms. The number of carbonyl (C=O) groups is 1. The Kier molecular flexibility index (Phi) is 6.62. The van der Waals surface area contributed by atoms with Crippen LogP contribution in [0.5, 0.6) is 0 Å². The number of hydrogen-bond donors (Lipinski definition) is 2. The molecule has 0 heterocycles. The minimum Gasteiger partial charge on any atom is -0.375 e. The number of hydrogen-bond acceptors (Lipinski definition) is 3. The molecule has 2 aromatic rings. The summed E-state index contributed by atoms with van der Waals surface area (Å²) in [7, 11) is 0. The van der Waals surface area contributed by atoms with Crippen LogP contribution in [0, 0.1) is 6.92 Å². The molecule has 0 radical (unpaired) electrons. The van der Waals surface area contributed by atoms with Crippen molar-refractivity contribution in [3.05, 3.63) is 59.1 Å². The van der Waals surface area contributed by atoms with Crippen LogP contribution in [0.3, 0.4) is 0 Å². The van der Waals surface area contributed by atoms with Crippen LogP contribution in [-0.2, 0) is 4.79 Å². The smallest absolute Gasteiger partial charge is 0.239 e. The Balaban J connectivity index is 1.64. The van der Waals surface area contributed by atoms with E-state index in [0.29, 0.717) is 11.6 Å². The lowest BCUT2D eigenvalue weighted by atomic mass is 10.2. The van der Waals surface area contributed by atoms with E-state index < -0.39 is 0 Å². The number of thioether (sulfide) groups is 1. The molecule has 3 nitrogen and oxygen atoms in total. The number of amides is 1. The van der Waals surface area contributed by atoms with Gasteiger partial charge in [0.1, 0.15) is 0 Å². The van der Waals surface area contributed by atoms with Crippen molar-refractivity contribution >= 4 is 35.0 Å². The van der Waals surface area contributed by atoms with Crippen LogP contribution in [0.25, 0.3) is 0 Å². The van der Waals surface area contributed by atoms with Gasteiger partial charge in [0.15, 0.2) is 0 Å². The Labute approximate surface area is 140 Å². The zero-order valence-corrected chi connectivity index (χ0v) is 14.0. The summed E-state index contributed by atoms with van der Waals surface area (Å²) < 4.78 is 0. The molecule has 2 rings (SSSR count). The maximum atomic E-state index is 11.8. The Morgan fingerprint density at radius 1 is 1.14 bits per heavy atom. The maximum absolute atomic E-state index is 11.8. The Hall–Kier alpha value is -1.65. The van der Waals surface area contributed by atoms with Gasteiger partial charge in [0, 0.05) is 17.2 Å². The average Bonchev–Trinajstić information content (AvgIpc) is 2.52. The van der Waals surface area contributed by atoms with Gasteiger partial charge in [0.2, 0.25) is 5.91 Å². The predicted octanol–water partition coefficient (Wildman–Crippen LogP) is 3.97. The van der Waals surface area contributed by atoms with Crippen molar-refractivity contribution < 1.29 is 4.79 Å². The van der Waals surface area contributed by atoms with Gasteiger partial charge in [-0.25, -0.2) is 0 Å². The molecule has 0 saturated heterocycles. The highest BCUT2D eigenvalue weighted by molar-refractivity contribution is 7.99. The molecule has 0 fully saturated rings. The van der Waals surface area contributed by atoms with Crippen LogP contribution in [0.1, 0.15) is 5.56 Å². The van der Waals surface area contributed by atoms with Gasteiger partial charge in [-0.15, -0.1) is 11.8 Å². The zero-order valence-electron chi connectivity index (χ0n) is 12.4. The minimum atomic E-state index is -0.0376. The third-order valence-corrected chi connectivity index (χ3v) is 4.37. The van der Waals surface area contributed by atoms with Crippen LogP contribution in [0.15, 0.2) is 53.4 Å². The van der Waals surface area contributed by atoms with Gasteiger partial charge in [0.05, 0.1) is 17.3 Å². The quantitative estimate of drug-likeness (QED) is 0.594. The molecule has 0 aliphatic heterocycles. The standard InChI is InChI=1S/C17H19ClN2OS/c1-13-6-8-14(9-7-13)22-11-10-19-17(21)12-20-16-5-3-2-4-15(16)18/h2-9,20H,10-12H2,1H3,(H,19,21). The molecule has 0 aromatic heterocycles. The number of halogens is 1. The van der Waals surface area contributed by atoms with Gasteiger partial charge in [0.25, 0.3) is 0 Å². The molecule has 5 heteroatoms. The lowest BCUT2D eigenvalue weighted by Gasteiger charge is -2.09. The van der Waals surface area contributed by atoms with E-state index in [9.17, 15) is 4.79 Å². The van der Waals surface area contributed by atoms with Crippen molar-refractivity contribution in [3.8, 4) is 0 Å². The van der Waals surface area contributed by atoms with Crippen LogP contribution in [0.2, 0.25) is 5.02 Å². The van der Waals surface area contributed by atoms with Gasteiger partial charge in [-0.1, -0.05) is 41.4 Å². The summed E-state index contributed by atoms with van der Waals surface area (Å²) in [6.07, 6.45) is 0. The first-order chi connectivity index (χ1) is 10.6. The summed E-state index contributed by atoms with van der Waals surface area (Å²) >= 11 is 7.75. The monoisotopic (exact) mass is 334 g/mol. The topological polar surface area (TPSA) is 41.1 Å². The van der Waals surface area contributed by atoms with Gasteiger partial charge in [-0.05, 0) is 31.2 Å². The molecule has 2 N–H and O–H groups in total. The van der Waals surface area contributed by atoms with Crippen molar-refractivity contribution in [3.63, 3.8) is 0 Å². The summed E-state index contributed by atoms with van der Waals surface area (Å²) in [4.78, 5) is 13.0. The number of aryl methyl sites for hydroxylation is 1. The molecule has 0 spiro atoms. The minimum absolute atomic E-state index is 0.0376. The largest absolute Gasteiger partial charge is 0.375 e. The van der Waals surface area contributed by atoms with E-state index in [1.807, 2.05) is 18.2 Å². The summed E-state index contributed by atoms with van der Waals surface area (Å²) in [6, 6.07) is 15.8. The Bertz CT molecular complexity index is 616. The lowest BCUT2D eigenvalue weighted by molar-refractivity contribution is -0.119. The molecular formula is C17H19ClN2OS. The Morgan fingerprint density at radius 2 is 1.86 bits per heavy atom. The SMILES string of the molecule is Cc1ccc(SCCNC(=O)CNc2ccccc2Cl)cc1. The second-order valence-corrected chi connectivity index (χ2v) is 6.42. The van der Waals surface area contributed by atoms with Crippen molar-refractivity contribution in [2.75, 3.05) is 24.2 Å². The van der Waals surface area contributed by atoms with E-state index in [2.05, 4.69) is 41.8 Å². The van der Waals surface area contributed by atoms with Crippen molar-refractivity contribution in [1.29, 1.82) is 0 Å². The van der Waals surface area contributed by atoms with Crippen LogP contribution < -0.4 is 10.6 Å². The molecular weight excluding hydrogens is 316 g/mol. The molecule has 2 aromatic carbocycles. The normalized spacial score (nSPS) is 10.3. The van der Waals surface area contributed by atoms with Crippen molar-refractivity contribution in [1.82, 2.24) is 5.32 Å². The van der Waals surface area contributed by atoms with Gasteiger partial charge >= 0.3 is 0 Å². The molecule has 0 unspecified atom stereocenters. The molecule has 1 amide bonds. The van der Waals surface area contributed by atoms with E-state index in [0.717, 1.165) is 11.4 Å². The van der Waals surface area contributed by atoms with Gasteiger partial charge in [-0.2, -0.15) is 0 Å². The highest BCUT2D eigenvalue weighted by Gasteiger charge is 2.03. The first kappa shape index (κ1) is 16.7. The van der Waals surface area contributed by atoms with Crippen molar-refractivity contribution in [2.45, 2.75) is 11.8 Å². The van der Waals surface area contributed by atoms with E-state index in [1.165, 1.54) is 10.5 Å².